The quantitative estimate of drug-likeness (QED) is 0.680. The number of hydrogen-bond acceptors (Lipinski definition) is 3. The number of carbonyl (C=O) groups excluding carboxylic acids is 1. The molecule has 2 aromatic carbocycles. The Balaban J connectivity index is 1.71. The fourth-order valence-electron chi connectivity index (χ4n) is 4.06. The number of amides is 1. The highest BCUT2D eigenvalue weighted by Gasteiger charge is 2.28. The van der Waals surface area contributed by atoms with Crippen LogP contribution in [-0.4, -0.2) is 29.9 Å². The molecule has 1 aliphatic carbocycles. The molecule has 1 atom stereocenters. The standard InChI is InChI=1S/C23H24N2O2/c1-15-20(14-17-13-18(27-3)11-12-21(17)24-15)23(26)25(2)22-10-6-8-16-7-4-5-9-19(16)22/h4-5,7,9,11-14,22H,6,8,10H2,1-3H3. The van der Waals surface area contributed by atoms with Gasteiger partial charge in [0.1, 0.15) is 5.75 Å². The lowest BCUT2D eigenvalue weighted by Crippen LogP contribution is -2.33. The third kappa shape index (κ3) is 3.16. The molecular formula is C23H24N2O2. The van der Waals surface area contributed by atoms with Crippen LogP contribution in [0.15, 0.2) is 48.5 Å². The van der Waals surface area contributed by atoms with Gasteiger partial charge in [-0.3, -0.25) is 9.78 Å². The van der Waals surface area contributed by atoms with Gasteiger partial charge in [0, 0.05) is 12.4 Å². The van der Waals surface area contributed by atoms with E-state index in [2.05, 4.69) is 29.2 Å². The highest BCUT2D eigenvalue weighted by atomic mass is 16.5. The molecule has 3 aromatic rings. The van der Waals surface area contributed by atoms with Crippen molar-refractivity contribution in [3.63, 3.8) is 0 Å². The minimum atomic E-state index is 0.0198. The summed E-state index contributed by atoms with van der Waals surface area (Å²) in [7, 11) is 3.55. The molecule has 1 aromatic heterocycles. The molecule has 0 saturated heterocycles. The van der Waals surface area contributed by atoms with E-state index < -0.39 is 0 Å². The lowest BCUT2D eigenvalue weighted by Gasteiger charge is -2.33. The summed E-state index contributed by atoms with van der Waals surface area (Å²) in [4.78, 5) is 19.9. The lowest BCUT2D eigenvalue weighted by molar-refractivity contribution is 0.0714. The second-order valence-electron chi connectivity index (χ2n) is 7.20. The fourth-order valence-corrected chi connectivity index (χ4v) is 4.06. The van der Waals surface area contributed by atoms with Crippen LogP contribution in [-0.2, 0) is 6.42 Å². The van der Waals surface area contributed by atoms with Gasteiger partial charge in [0.2, 0.25) is 0 Å². The van der Waals surface area contributed by atoms with Gasteiger partial charge >= 0.3 is 0 Å². The number of nitrogens with zero attached hydrogens (tertiary/aromatic N) is 2. The van der Waals surface area contributed by atoms with Crippen LogP contribution >= 0.6 is 0 Å². The number of aromatic nitrogens is 1. The van der Waals surface area contributed by atoms with E-state index in [4.69, 9.17) is 4.74 Å². The second kappa shape index (κ2) is 7.03. The smallest absolute Gasteiger partial charge is 0.255 e. The Bertz CT molecular complexity index is 1010. The maximum Gasteiger partial charge on any atom is 0.255 e. The van der Waals surface area contributed by atoms with Crippen molar-refractivity contribution in [2.75, 3.05) is 14.2 Å². The first kappa shape index (κ1) is 17.5. The van der Waals surface area contributed by atoms with E-state index in [0.717, 1.165) is 41.6 Å². The van der Waals surface area contributed by atoms with Gasteiger partial charge in [-0.1, -0.05) is 24.3 Å². The number of rotatable bonds is 3. The summed E-state index contributed by atoms with van der Waals surface area (Å²) in [6, 6.07) is 16.3. The largest absolute Gasteiger partial charge is 0.497 e. The maximum atomic E-state index is 13.3. The zero-order chi connectivity index (χ0) is 19.0. The molecule has 1 aliphatic rings. The monoisotopic (exact) mass is 360 g/mol. The van der Waals surface area contributed by atoms with Crippen molar-refractivity contribution >= 4 is 16.8 Å². The normalized spacial score (nSPS) is 16.0. The molecule has 4 heteroatoms. The fraction of sp³-hybridized carbons (Fsp3) is 0.304. The first-order valence-corrected chi connectivity index (χ1v) is 9.39. The Morgan fingerprint density at radius 1 is 1.19 bits per heavy atom. The predicted octanol–water partition coefficient (Wildman–Crippen LogP) is 4.70. The van der Waals surface area contributed by atoms with E-state index >= 15 is 0 Å². The van der Waals surface area contributed by atoms with Gasteiger partial charge in [0.25, 0.3) is 5.91 Å². The van der Waals surface area contributed by atoms with Crippen molar-refractivity contribution in [2.24, 2.45) is 0 Å². The summed E-state index contributed by atoms with van der Waals surface area (Å²) in [5, 5.41) is 0.917. The predicted molar refractivity (Wildman–Crippen MR) is 107 cm³/mol. The van der Waals surface area contributed by atoms with Gasteiger partial charge in [0.15, 0.2) is 0 Å². The molecule has 0 bridgehead atoms. The highest BCUT2D eigenvalue weighted by Crippen LogP contribution is 2.34. The zero-order valence-corrected chi connectivity index (χ0v) is 16.0. The average molecular weight is 360 g/mol. The number of hydrogen-bond donors (Lipinski definition) is 0. The van der Waals surface area contributed by atoms with Crippen LogP contribution in [0.1, 0.15) is 46.1 Å². The lowest BCUT2D eigenvalue weighted by atomic mass is 9.86. The second-order valence-corrected chi connectivity index (χ2v) is 7.20. The van der Waals surface area contributed by atoms with Crippen LogP contribution in [0.3, 0.4) is 0 Å². The summed E-state index contributed by atoms with van der Waals surface area (Å²) in [5.41, 5.74) is 4.91. The first-order chi connectivity index (χ1) is 13.1. The van der Waals surface area contributed by atoms with E-state index in [0.29, 0.717) is 5.56 Å². The first-order valence-electron chi connectivity index (χ1n) is 9.39. The van der Waals surface area contributed by atoms with E-state index in [1.165, 1.54) is 11.1 Å². The SMILES string of the molecule is COc1ccc2nc(C)c(C(=O)N(C)C3CCCc4ccccc43)cc2c1. The van der Waals surface area contributed by atoms with Gasteiger partial charge in [-0.15, -0.1) is 0 Å². The Hall–Kier alpha value is -2.88. The number of benzene rings is 2. The molecule has 1 unspecified atom stereocenters. The molecule has 0 N–H and O–H groups in total. The van der Waals surface area contributed by atoms with Crippen molar-refractivity contribution in [3.05, 3.63) is 70.9 Å². The number of ether oxygens (including phenoxy) is 1. The van der Waals surface area contributed by atoms with Gasteiger partial charge in [-0.25, -0.2) is 0 Å². The molecule has 0 fully saturated rings. The minimum Gasteiger partial charge on any atom is -0.497 e. The third-order valence-corrected chi connectivity index (χ3v) is 5.57. The Morgan fingerprint density at radius 3 is 2.81 bits per heavy atom. The van der Waals surface area contributed by atoms with Gasteiger partial charge < -0.3 is 9.64 Å². The molecule has 4 nitrogen and oxygen atoms in total. The maximum absolute atomic E-state index is 13.3. The number of pyridine rings is 1. The average Bonchev–Trinajstić information content (AvgIpc) is 2.71. The topological polar surface area (TPSA) is 42.4 Å². The molecule has 1 amide bonds. The molecule has 1 heterocycles. The summed E-state index contributed by atoms with van der Waals surface area (Å²) in [5.74, 6) is 0.785. The number of fused-ring (bicyclic) bond motifs is 2. The summed E-state index contributed by atoms with van der Waals surface area (Å²) in [6.45, 7) is 1.90. The minimum absolute atomic E-state index is 0.0198. The number of methoxy groups -OCH3 is 1. The van der Waals surface area contributed by atoms with E-state index in [1.54, 1.807) is 7.11 Å². The number of carbonyl (C=O) groups is 1. The van der Waals surface area contributed by atoms with Crippen LogP contribution in [0.5, 0.6) is 5.75 Å². The van der Waals surface area contributed by atoms with Crippen molar-refractivity contribution in [1.82, 2.24) is 9.88 Å². The Kier molecular flexibility index (Phi) is 4.56. The Morgan fingerprint density at radius 2 is 2.00 bits per heavy atom. The zero-order valence-electron chi connectivity index (χ0n) is 16.0. The molecule has 0 spiro atoms. The van der Waals surface area contributed by atoms with Crippen LogP contribution in [0, 0.1) is 6.92 Å². The molecule has 4 rings (SSSR count). The summed E-state index contributed by atoms with van der Waals surface area (Å²) >= 11 is 0. The van der Waals surface area contributed by atoms with Crippen molar-refractivity contribution in [1.29, 1.82) is 0 Å². The van der Waals surface area contributed by atoms with Crippen LogP contribution < -0.4 is 4.74 Å². The summed E-state index contributed by atoms with van der Waals surface area (Å²) in [6.07, 6.45) is 3.18. The Labute approximate surface area is 159 Å². The van der Waals surface area contributed by atoms with Gasteiger partial charge in [0.05, 0.1) is 29.9 Å². The van der Waals surface area contributed by atoms with Gasteiger partial charge in [-0.2, -0.15) is 0 Å². The highest BCUT2D eigenvalue weighted by molar-refractivity contribution is 5.99. The molecule has 0 radical (unpaired) electrons. The van der Waals surface area contributed by atoms with Gasteiger partial charge in [-0.05, 0) is 61.6 Å². The number of aryl methyl sites for hydroxylation is 2. The summed E-state index contributed by atoms with van der Waals surface area (Å²) < 4.78 is 5.31. The molecule has 138 valence electrons. The van der Waals surface area contributed by atoms with Crippen molar-refractivity contribution in [2.45, 2.75) is 32.2 Å². The van der Waals surface area contributed by atoms with Crippen LogP contribution in [0.2, 0.25) is 0 Å². The van der Waals surface area contributed by atoms with Crippen LogP contribution in [0.4, 0.5) is 0 Å². The van der Waals surface area contributed by atoms with Crippen molar-refractivity contribution in [3.8, 4) is 5.75 Å². The molecule has 27 heavy (non-hydrogen) atoms. The van der Waals surface area contributed by atoms with Crippen molar-refractivity contribution < 1.29 is 9.53 Å². The van der Waals surface area contributed by atoms with E-state index in [1.807, 2.05) is 43.1 Å². The molecule has 0 aliphatic heterocycles. The molecular weight excluding hydrogens is 336 g/mol. The molecule has 0 saturated carbocycles. The third-order valence-electron chi connectivity index (χ3n) is 5.57. The van der Waals surface area contributed by atoms with E-state index in [9.17, 15) is 4.79 Å². The van der Waals surface area contributed by atoms with Crippen LogP contribution in [0.25, 0.3) is 10.9 Å². The van der Waals surface area contributed by atoms with E-state index in [-0.39, 0.29) is 11.9 Å².